The zero-order valence-electron chi connectivity index (χ0n) is 13.4. The van der Waals surface area contributed by atoms with Crippen molar-refractivity contribution in [2.75, 3.05) is 0 Å². The minimum absolute atomic E-state index is 0.0836. The van der Waals surface area contributed by atoms with E-state index < -0.39 is 4.92 Å². The Balaban J connectivity index is 2.09. The van der Waals surface area contributed by atoms with Crippen molar-refractivity contribution in [3.8, 4) is 16.9 Å². The van der Waals surface area contributed by atoms with Gasteiger partial charge < -0.3 is 9.67 Å². The van der Waals surface area contributed by atoms with E-state index in [9.17, 15) is 20.0 Å². The van der Waals surface area contributed by atoms with Gasteiger partial charge >= 0.3 is 0 Å². The predicted molar refractivity (Wildman–Crippen MR) is 91.6 cm³/mol. The van der Waals surface area contributed by atoms with Crippen LogP contribution in [0.1, 0.15) is 21.6 Å². The number of phenolic OH excluding ortho intramolecular Hbond substituents is 1. The molecule has 0 saturated carbocycles. The summed E-state index contributed by atoms with van der Waals surface area (Å²) in [5, 5.41) is 21.3. The molecule has 2 aromatic carbocycles. The number of aldehydes is 1. The van der Waals surface area contributed by atoms with E-state index in [2.05, 4.69) is 4.98 Å². The first kappa shape index (κ1) is 16.4. The molecule has 7 heteroatoms. The fourth-order valence-corrected chi connectivity index (χ4v) is 2.69. The first-order valence-electron chi connectivity index (χ1n) is 7.50. The SMILES string of the molecule is Cn1cnc(Cc2cc(C=O)c(O)c(-c3cccc([N+](=O)[O-])c3)c2)c1. The number of nitro benzene ring substituents is 1. The van der Waals surface area contributed by atoms with Crippen molar-refractivity contribution in [1.82, 2.24) is 9.55 Å². The smallest absolute Gasteiger partial charge is 0.270 e. The molecule has 0 spiro atoms. The fourth-order valence-electron chi connectivity index (χ4n) is 2.69. The lowest BCUT2D eigenvalue weighted by Gasteiger charge is -2.10. The summed E-state index contributed by atoms with van der Waals surface area (Å²) in [7, 11) is 1.86. The van der Waals surface area contributed by atoms with Gasteiger partial charge in [0.1, 0.15) is 5.75 Å². The van der Waals surface area contributed by atoms with Crippen LogP contribution in [0, 0.1) is 10.1 Å². The van der Waals surface area contributed by atoms with Crippen molar-refractivity contribution in [2.24, 2.45) is 7.05 Å². The summed E-state index contributed by atoms with van der Waals surface area (Å²) in [5.74, 6) is -0.194. The molecule has 3 rings (SSSR count). The number of non-ortho nitro benzene ring substituents is 1. The van der Waals surface area contributed by atoms with Crippen molar-refractivity contribution in [2.45, 2.75) is 6.42 Å². The quantitative estimate of drug-likeness (QED) is 0.438. The summed E-state index contributed by atoms with van der Waals surface area (Å²) in [6, 6.07) is 9.25. The van der Waals surface area contributed by atoms with E-state index >= 15 is 0 Å². The van der Waals surface area contributed by atoms with E-state index in [0.29, 0.717) is 23.8 Å². The number of carbonyl (C=O) groups is 1. The maximum Gasteiger partial charge on any atom is 0.270 e. The van der Waals surface area contributed by atoms with Crippen molar-refractivity contribution >= 4 is 12.0 Å². The number of nitrogens with zero attached hydrogens (tertiary/aromatic N) is 3. The molecular formula is C18H15N3O4. The molecule has 25 heavy (non-hydrogen) atoms. The number of phenols is 1. The number of hydrogen-bond donors (Lipinski definition) is 1. The monoisotopic (exact) mass is 337 g/mol. The van der Waals surface area contributed by atoms with Gasteiger partial charge in [0.2, 0.25) is 0 Å². The Hall–Kier alpha value is -3.48. The summed E-state index contributed by atoms with van der Waals surface area (Å²) in [4.78, 5) is 26.0. The summed E-state index contributed by atoms with van der Waals surface area (Å²) in [6.07, 6.45) is 4.58. The van der Waals surface area contributed by atoms with Crippen molar-refractivity contribution in [1.29, 1.82) is 0 Å². The van der Waals surface area contributed by atoms with E-state index in [-0.39, 0.29) is 17.0 Å². The van der Waals surface area contributed by atoms with Gasteiger partial charge in [0.15, 0.2) is 6.29 Å². The van der Waals surface area contributed by atoms with Gasteiger partial charge in [-0.2, -0.15) is 0 Å². The maximum absolute atomic E-state index is 11.3. The molecule has 3 aromatic rings. The maximum atomic E-state index is 11.3. The van der Waals surface area contributed by atoms with E-state index in [1.807, 2.05) is 17.8 Å². The van der Waals surface area contributed by atoms with Crippen LogP contribution in [0.4, 0.5) is 5.69 Å². The molecule has 0 aliphatic carbocycles. The first-order valence-corrected chi connectivity index (χ1v) is 7.50. The average Bonchev–Trinajstić information content (AvgIpc) is 3.01. The molecule has 0 fully saturated rings. The van der Waals surface area contributed by atoms with Gasteiger partial charge in [-0.25, -0.2) is 4.98 Å². The molecule has 0 amide bonds. The van der Waals surface area contributed by atoms with Gasteiger partial charge in [0, 0.05) is 37.4 Å². The van der Waals surface area contributed by atoms with Crippen molar-refractivity contribution in [3.63, 3.8) is 0 Å². The number of aromatic hydroxyl groups is 1. The Labute approximate surface area is 143 Å². The van der Waals surface area contributed by atoms with Crippen LogP contribution in [0.5, 0.6) is 5.75 Å². The first-order chi connectivity index (χ1) is 12.0. The molecule has 0 atom stereocenters. The lowest BCUT2D eigenvalue weighted by Crippen LogP contribution is -1.95. The number of aromatic nitrogens is 2. The number of hydrogen-bond acceptors (Lipinski definition) is 5. The molecule has 0 radical (unpaired) electrons. The number of aryl methyl sites for hydroxylation is 1. The Bertz CT molecular complexity index is 963. The number of benzene rings is 2. The largest absolute Gasteiger partial charge is 0.507 e. The fraction of sp³-hybridized carbons (Fsp3) is 0.111. The van der Waals surface area contributed by atoms with Crippen LogP contribution in [0.3, 0.4) is 0 Å². The Morgan fingerprint density at radius 3 is 2.76 bits per heavy atom. The van der Waals surface area contributed by atoms with Crippen molar-refractivity contribution in [3.05, 3.63) is 75.9 Å². The van der Waals surface area contributed by atoms with E-state index in [1.54, 1.807) is 30.6 Å². The number of rotatable bonds is 5. The molecule has 0 bridgehead atoms. The van der Waals surface area contributed by atoms with Crippen molar-refractivity contribution < 1.29 is 14.8 Å². The second kappa shape index (κ2) is 6.56. The van der Waals surface area contributed by atoms with Crippen LogP contribution in [0.25, 0.3) is 11.1 Å². The number of nitro groups is 1. The third-order valence-corrected chi connectivity index (χ3v) is 3.84. The summed E-state index contributed by atoms with van der Waals surface area (Å²) in [5.41, 5.74) is 2.49. The summed E-state index contributed by atoms with van der Waals surface area (Å²) in [6.45, 7) is 0. The highest BCUT2D eigenvalue weighted by Gasteiger charge is 2.15. The van der Waals surface area contributed by atoms with Gasteiger partial charge in [-0.05, 0) is 23.3 Å². The van der Waals surface area contributed by atoms with Crippen LogP contribution in [0.15, 0.2) is 48.9 Å². The van der Waals surface area contributed by atoms with E-state index in [0.717, 1.165) is 11.3 Å². The number of carbonyl (C=O) groups excluding carboxylic acids is 1. The van der Waals surface area contributed by atoms with Gasteiger partial charge in [-0.3, -0.25) is 14.9 Å². The minimum atomic E-state index is -0.501. The molecule has 1 heterocycles. The second-order valence-electron chi connectivity index (χ2n) is 5.71. The highest BCUT2D eigenvalue weighted by atomic mass is 16.6. The molecule has 126 valence electrons. The highest BCUT2D eigenvalue weighted by Crippen LogP contribution is 2.35. The molecule has 0 aliphatic rings. The van der Waals surface area contributed by atoms with Crippen LogP contribution < -0.4 is 0 Å². The van der Waals surface area contributed by atoms with Crippen LogP contribution in [0.2, 0.25) is 0 Å². The summed E-state index contributed by atoms with van der Waals surface area (Å²) >= 11 is 0. The predicted octanol–water partition coefficient (Wildman–Crippen LogP) is 3.10. The van der Waals surface area contributed by atoms with Gasteiger partial charge in [0.25, 0.3) is 5.69 Å². The molecule has 0 unspecified atom stereocenters. The van der Waals surface area contributed by atoms with Gasteiger partial charge in [-0.1, -0.05) is 12.1 Å². The van der Waals surface area contributed by atoms with Crippen LogP contribution >= 0.6 is 0 Å². The Morgan fingerprint density at radius 1 is 1.32 bits per heavy atom. The molecule has 7 nitrogen and oxygen atoms in total. The second-order valence-corrected chi connectivity index (χ2v) is 5.71. The molecular weight excluding hydrogens is 322 g/mol. The third kappa shape index (κ3) is 3.40. The normalized spacial score (nSPS) is 10.6. The van der Waals surface area contributed by atoms with E-state index in [1.165, 1.54) is 12.1 Å². The van der Waals surface area contributed by atoms with Crippen LogP contribution in [-0.2, 0) is 13.5 Å². The van der Waals surface area contributed by atoms with Gasteiger partial charge in [-0.15, -0.1) is 0 Å². The zero-order valence-corrected chi connectivity index (χ0v) is 13.4. The minimum Gasteiger partial charge on any atom is -0.507 e. The van der Waals surface area contributed by atoms with Gasteiger partial charge in [0.05, 0.1) is 22.5 Å². The highest BCUT2D eigenvalue weighted by molar-refractivity contribution is 5.86. The zero-order chi connectivity index (χ0) is 18.0. The van der Waals surface area contributed by atoms with E-state index in [4.69, 9.17) is 0 Å². The lowest BCUT2D eigenvalue weighted by molar-refractivity contribution is -0.384. The van der Waals surface area contributed by atoms with Crippen LogP contribution in [-0.4, -0.2) is 25.9 Å². The molecule has 1 aromatic heterocycles. The molecule has 0 aliphatic heterocycles. The molecule has 0 saturated heterocycles. The standard InChI is InChI=1S/C18H15N3O4/c1-20-9-15(19-11-20)6-12-5-14(10-22)18(23)17(7-12)13-3-2-4-16(8-13)21(24)25/h2-5,7-11,23H,6H2,1H3. The lowest BCUT2D eigenvalue weighted by atomic mass is 9.96. The number of imidazole rings is 1. The Kier molecular flexibility index (Phi) is 4.30. The summed E-state index contributed by atoms with van der Waals surface area (Å²) < 4.78 is 1.82. The average molecular weight is 337 g/mol. The topological polar surface area (TPSA) is 98.3 Å². The Morgan fingerprint density at radius 2 is 2.12 bits per heavy atom. The molecule has 1 N–H and O–H groups in total. The third-order valence-electron chi connectivity index (χ3n) is 3.84.